The van der Waals surface area contributed by atoms with Crippen LogP contribution in [-0.4, -0.2) is 30.3 Å². The average molecular weight is 504 g/mol. The predicted octanol–water partition coefficient (Wildman–Crippen LogP) is 6.05. The predicted molar refractivity (Wildman–Crippen MR) is 137 cm³/mol. The number of aromatic nitrogens is 1. The molecule has 0 atom stereocenters. The van der Waals surface area contributed by atoms with E-state index in [4.69, 9.17) is 18.9 Å². The Kier molecular flexibility index (Phi) is 6.93. The number of nitrogens with zero attached hydrogens (tertiary/aromatic N) is 1. The Labute approximate surface area is 213 Å². The van der Waals surface area contributed by atoms with Gasteiger partial charge in [0.05, 0.1) is 17.0 Å². The van der Waals surface area contributed by atoms with Crippen LogP contribution >= 0.6 is 0 Å². The highest BCUT2D eigenvalue weighted by Gasteiger charge is 2.25. The van der Waals surface area contributed by atoms with Crippen molar-refractivity contribution in [2.24, 2.45) is 0 Å². The summed E-state index contributed by atoms with van der Waals surface area (Å²) >= 11 is 0. The number of ether oxygens (including phenoxy) is 4. The first-order valence-electron chi connectivity index (χ1n) is 11.9. The van der Waals surface area contributed by atoms with Gasteiger partial charge in [-0.3, -0.25) is 4.98 Å². The fourth-order valence-corrected chi connectivity index (χ4v) is 3.89. The molecule has 0 unspecified atom stereocenters. The van der Waals surface area contributed by atoms with E-state index in [2.05, 4.69) is 15.6 Å². The minimum absolute atomic E-state index is 0.0383. The monoisotopic (exact) mass is 503 g/mol. The van der Waals surface area contributed by atoms with E-state index < -0.39 is 0 Å². The van der Waals surface area contributed by atoms with Crippen molar-refractivity contribution in [3.63, 3.8) is 0 Å². The molecule has 0 radical (unpaired) electrons. The number of nitrogens with one attached hydrogen (secondary N) is 2. The molecule has 0 fully saturated rings. The van der Waals surface area contributed by atoms with Gasteiger partial charge in [-0.1, -0.05) is 12.1 Å². The molecule has 0 bridgehead atoms. The number of urea groups is 1. The van der Waals surface area contributed by atoms with Gasteiger partial charge in [0.25, 0.3) is 0 Å². The summed E-state index contributed by atoms with van der Waals surface area (Å²) in [6, 6.07) is 16.1. The third-order valence-electron chi connectivity index (χ3n) is 5.51. The Bertz CT molecular complexity index is 1410. The maximum Gasteiger partial charge on any atom is 0.319 e. The minimum atomic E-state index is -0.374. The van der Waals surface area contributed by atoms with Gasteiger partial charge in [0.2, 0.25) is 5.75 Å². The molecule has 0 spiro atoms. The quantitative estimate of drug-likeness (QED) is 0.319. The fourth-order valence-electron chi connectivity index (χ4n) is 3.89. The van der Waals surface area contributed by atoms with Crippen LogP contribution in [0.25, 0.3) is 10.9 Å². The lowest BCUT2D eigenvalue weighted by Gasteiger charge is -2.24. The van der Waals surface area contributed by atoms with Crippen LogP contribution in [0.15, 0.2) is 66.9 Å². The van der Waals surface area contributed by atoms with Crippen molar-refractivity contribution >= 4 is 22.6 Å². The molecule has 5 rings (SSSR count). The van der Waals surface area contributed by atoms with Crippen molar-refractivity contribution in [2.75, 3.05) is 18.5 Å². The fraction of sp³-hybridized carbons (Fsp3) is 0.214. The third kappa shape index (κ3) is 5.66. The zero-order chi connectivity index (χ0) is 25.8. The molecule has 8 nitrogen and oxygen atoms in total. The second-order valence-electron chi connectivity index (χ2n) is 8.66. The van der Waals surface area contributed by atoms with Crippen molar-refractivity contribution in [3.8, 4) is 28.7 Å². The highest BCUT2D eigenvalue weighted by molar-refractivity contribution is 5.95. The Balaban J connectivity index is 1.30. The molecule has 3 aromatic carbocycles. The summed E-state index contributed by atoms with van der Waals surface area (Å²) in [7, 11) is 0. The van der Waals surface area contributed by atoms with E-state index in [1.54, 1.807) is 48.7 Å². The zero-order valence-corrected chi connectivity index (χ0v) is 20.4. The first-order valence-corrected chi connectivity index (χ1v) is 11.9. The van der Waals surface area contributed by atoms with E-state index in [-0.39, 0.29) is 24.5 Å². The topological polar surface area (TPSA) is 90.9 Å². The van der Waals surface area contributed by atoms with Crippen LogP contribution in [-0.2, 0) is 6.54 Å². The van der Waals surface area contributed by atoms with Crippen LogP contribution in [0.2, 0.25) is 0 Å². The number of hydrogen-bond acceptors (Lipinski definition) is 6. The van der Waals surface area contributed by atoms with Crippen molar-refractivity contribution in [1.82, 2.24) is 10.3 Å². The van der Waals surface area contributed by atoms with Crippen LogP contribution in [0.3, 0.4) is 0 Å². The molecule has 1 aliphatic rings. The summed E-state index contributed by atoms with van der Waals surface area (Å²) in [6.45, 7) is 5.00. The van der Waals surface area contributed by atoms with Crippen molar-refractivity contribution in [3.05, 3.63) is 78.2 Å². The Morgan fingerprint density at radius 1 is 1.00 bits per heavy atom. The van der Waals surface area contributed by atoms with E-state index in [1.165, 1.54) is 12.1 Å². The molecule has 37 heavy (non-hydrogen) atoms. The summed E-state index contributed by atoms with van der Waals surface area (Å²) in [5, 5.41) is 6.20. The molecular weight excluding hydrogens is 477 g/mol. The number of fused-ring (bicyclic) bond motifs is 3. The van der Waals surface area contributed by atoms with E-state index in [9.17, 15) is 9.18 Å². The zero-order valence-electron chi connectivity index (χ0n) is 20.4. The maximum atomic E-state index is 13.0. The first-order chi connectivity index (χ1) is 18.0. The van der Waals surface area contributed by atoms with E-state index in [0.29, 0.717) is 58.6 Å². The summed E-state index contributed by atoms with van der Waals surface area (Å²) < 4.78 is 37.0. The van der Waals surface area contributed by atoms with Crippen molar-refractivity contribution in [1.29, 1.82) is 0 Å². The molecule has 1 aliphatic heterocycles. The lowest BCUT2D eigenvalue weighted by molar-refractivity contribution is 0.157. The van der Waals surface area contributed by atoms with Gasteiger partial charge < -0.3 is 29.6 Å². The summed E-state index contributed by atoms with van der Waals surface area (Å²) in [5.41, 5.74) is 2.05. The van der Waals surface area contributed by atoms with Gasteiger partial charge in [0.15, 0.2) is 11.5 Å². The average Bonchev–Trinajstić information content (AvgIpc) is 2.89. The van der Waals surface area contributed by atoms with Crippen LogP contribution in [0.1, 0.15) is 19.4 Å². The van der Waals surface area contributed by atoms with Gasteiger partial charge in [0, 0.05) is 24.5 Å². The van der Waals surface area contributed by atoms with Crippen LogP contribution < -0.4 is 29.6 Å². The van der Waals surface area contributed by atoms with Crippen LogP contribution in [0.5, 0.6) is 28.7 Å². The number of amides is 2. The van der Waals surface area contributed by atoms with Gasteiger partial charge in [-0.25, -0.2) is 9.18 Å². The minimum Gasteiger partial charge on any atom is -0.487 e. The third-order valence-corrected chi connectivity index (χ3v) is 5.51. The molecule has 190 valence electrons. The van der Waals surface area contributed by atoms with Gasteiger partial charge in [-0.05, 0) is 61.9 Å². The number of hydrogen-bond donors (Lipinski definition) is 2. The molecule has 2 N–H and O–H groups in total. The highest BCUT2D eigenvalue weighted by Crippen LogP contribution is 2.48. The van der Waals surface area contributed by atoms with E-state index >= 15 is 0 Å². The van der Waals surface area contributed by atoms with Crippen molar-refractivity contribution in [2.45, 2.75) is 26.5 Å². The van der Waals surface area contributed by atoms with Gasteiger partial charge >= 0.3 is 6.03 Å². The number of carbonyl (C=O) groups excluding carboxylic acids is 1. The van der Waals surface area contributed by atoms with Crippen LogP contribution in [0.4, 0.5) is 14.9 Å². The Hall–Kier alpha value is -4.53. The Morgan fingerprint density at radius 3 is 2.46 bits per heavy atom. The maximum absolute atomic E-state index is 13.0. The molecule has 9 heteroatoms. The second kappa shape index (κ2) is 10.6. The molecule has 2 heterocycles. The van der Waals surface area contributed by atoms with E-state index in [1.807, 2.05) is 19.9 Å². The molecule has 4 aromatic rings. The second-order valence-corrected chi connectivity index (χ2v) is 8.66. The molecule has 2 amide bonds. The molecular formula is C28H26FN3O5. The van der Waals surface area contributed by atoms with Gasteiger partial charge in [0.1, 0.15) is 30.5 Å². The van der Waals surface area contributed by atoms with Gasteiger partial charge in [-0.15, -0.1) is 0 Å². The summed E-state index contributed by atoms with van der Waals surface area (Å²) in [5.74, 6) is 2.46. The SMILES string of the molecule is CC(C)Oc1cc2nccc(Oc3ccc(NC(=O)NCc4ccc(F)cc4)cc3)c2c2c1OCCO2. The number of rotatable bonds is 7. The number of halogens is 1. The normalized spacial score (nSPS) is 12.3. The smallest absolute Gasteiger partial charge is 0.319 e. The van der Waals surface area contributed by atoms with Gasteiger partial charge in [-0.2, -0.15) is 0 Å². The lowest BCUT2D eigenvalue weighted by Crippen LogP contribution is -2.28. The number of anilines is 1. The Morgan fingerprint density at radius 2 is 1.73 bits per heavy atom. The number of benzene rings is 3. The summed E-state index contributed by atoms with van der Waals surface area (Å²) in [6.07, 6.45) is 1.62. The lowest BCUT2D eigenvalue weighted by atomic mass is 10.1. The molecule has 0 aliphatic carbocycles. The molecule has 0 saturated heterocycles. The van der Waals surface area contributed by atoms with Crippen molar-refractivity contribution < 1.29 is 28.1 Å². The largest absolute Gasteiger partial charge is 0.487 e. The number of pyridine rings is 1. The first kappa shape index (κ1) is 24.2. The molecule has 0 saturated carbocycles. The molecule has 1 aromatic heterocycles. The van der Waals surface area contributed by atoms with E-state index in [0.717, 1.165) is 5.56 Å². The number of carbonyl (C=O) groups is 1. The highest BCUT2D eigenvalue weighted by atomic mass is 19.1. The summed E-state index contributed by atoms with van der Waals surface area (Å²) in [4.78, 5) is 16.7. The standard InChI is InChI=1S/C28H26FN3O5/c1-17(2)36-24-15-22-25(27-26(24)34-13-14-35-27)23(11-12-30-22)37-21-9-7-20(8-10-21)32-28(33)31-16-18-3-5-19(29)6-4-18/h3-12,15,17H,13-14,16H2,1-2H3,(H2,31,32,33). The van der Waals surface area contributed by atoms with Crippen LogP contribution in [0, 0.1) is 5.82 Å².